The molecular weight excluding hydrogens is 226 g/mol. The summed E-state index contributed by atoms with van der Waals surface area (Å²) in [5.41, 5.74) is 5.80. The molecule has 1 atom stereocenters. The van der Waals surface area contributed by atoms with Crippen molar-refractivity contribution in [3.8, 4) is 5.75 Å². The van der Waals surface area contributed by atoms with E-state index in [0.29, 0.717) is 18.5 Å². The highest BCUT2D eigenvalue weighted by atomic mass is 32.1. The van der Waals surface area contributed by atoms with Crippen LogP contribution in [0.25, 0.3) is 0 Å². The third kappa shape index (κ3) is 2.08. The highest BCUT2D eigenvalue weighted by Gasteiger charge is 2.25. The number of nitrogen functional groups attached to an aromatic ring is 1. The Hall–Kier alpha value is -1.01. The molecule has 0 amide bonds. The number of morpholine rings is 1. The van der Waals surface area contributed by atoms with Crippen LogP contribution in [0.5, 0.6) is 5.75 Å². The zero-order valence-electron chi connectivity index (χ0n) is 9.60. The Balaban J connectivity index is 2.24. The molecule has 6 heteroatoms. The number of rotatable bonds is 3. The van der Waals surface area contributed by atoms with Gasteiger partial charge in [-0.05, 0) is 25.4 Å². The van der Waals surface area contributed by atoms with Gasteiger partial charge in [0.1, 0.15) is 0 Å². The third-order valence-electron chi connectivity index (χ3n) is 2.57. The molecule has 0 saturated carbocycles. The van der Waals surface area contributed by atoms with E-state index in [1.54, 1.807) is 0 Å². The second kappa shape index (κ2) is 4.88. The predicted octanol–water partition coefficient (Wildman–Crippen LogP) is 1.35. The van der Waals surface area contributed by atoms with Crippen molar-refractivity contribution in [1.29, 1.82) is 0 Å². The van der Waals surface area contributed by atoms with Crippen molar-refractivity contribution < 1.29 is 9.47 Å². The number of hydrogen-bond acceptors (Lipinski definition) is 6. The van der Waals surface area contributed by atoms with Crippen LogP contribution in [0.4, 0.5) is 10.8 Å². The summed E-state index contributed by atoms with van der Waals surface area (Å²) in [6, 6.07) is 0.341. The Bertz CT molecular complexity index is 356. The summed E-state index contributed by atoms with van der Waals surface area (Å²) in [7, 11) is 0. The van der Waals surface area contributed by atoms with Crippen LogP contribution in [0, 0.1) is 0 Å². The van der Waals surface area contributed by atoms with Gasteiger partial charge in [-0.15, -0.1) is 0 Å². The van der Waals surface area contributed by atoms with Crippen LogP contribution in [0.2, 0.25) is 0 Å². The lowest BCUT2D eigenvalue weighted by Crippen LogP contribution is -2.43. The molecule has 16 heavy (non-hydrogen) atoms. The molecule has 0 aromatic carbocycles. The van der Waals surface area contributed by atoms with E-state index >= 15 is 0 Å². The van der Waals surface area contributed by atoms with Crippen LogP contribution in [-0.2, 0) is 4.74 Å². The standard InChI is InChI=1S/C10H17N3O2S/c1-3-15-8-9(11)12-16-10(8)13-4-5-14-6-7(13)2/h7H,3-6H2,1-2H3,(H2,11,12). The largest absolute Gasteiger partial charge is 0.487 e. The average Bonchev–Trinajstić information content (AvgIpc) is 2.62. The summed E-state index contributed by atoms with van der Waals surface area (Å²) in [6.45, 7) is 7.03. The lowest BCUT2D eigenvalue weighted by molar-refractivity contribution is 0.0990. The van der Waals surface area contributed by atoms with Gasteiger partial charge in [-0.2, -0.15) is 4.37 Å². The summed E-state index contributed by atoms with van der Waals surface area (Å²) in [4.78, 5) is 2.25. The van der Waals surface area contributed by atoms with E-state index in [1.165, 1.54) is 11.5 Å². The summed E-state index contributed by atoms with van der Waals surface area (Å²) < 4.78 is 15.1. The van der Waals surface area contributed by atoms with E-state index in [9.17, 15) is 0 Å². The van der Waals surface area contributed by atoms with Gasteiger partial charge in [0, 0.05) is 6.54 Å². The van der Waals surface area contributed by atoms with Gasteiger partial charge in [0.25, 0.3) is 0 Å². The number of aromatic nitrogens is 1. The van der Waals surface area contributed by atoms with Gasteiger partial charge in [-0.3, -0.25) is 0 Å². The maximum Gasteiger partial charge on any atom is 0.197 e. The molecule has 0 radical (unpaired) electrons. The average molecular weight is 243 g/mol. The van der Waals surface area contributed by atoms with Crippen molar-refractivity contribution in [3.05, 3.63) is 0 Å². The Morgan fingerprint density at radius 3 is 3.19 bits per heavy atom. The van der Waals surface area contributed by atoms with Gasteiger partial charge in [0.05, 0.1) is 25.9 Å². The minimum Gasteiger partial charge on any atom is -0.487 e. The maximum absolute atomic E-state index is 5.80. The number of ether oxygens (including phenoxy) is 2. The van der Waals surface area contributed by atoms with Gasteiger partial charge < -0.3 is 20.1 Å². The third-order valence-corrected chi connectivity index (χ3v) is 3.46. The van der Waals surface area contributed by atoms with E-state index in [1.807, 2.05) is 6.92 Å². The fourth-order valence-corrected chi connectivity index (χ4v) is 2.67. The first-order chi connectivity index (χ1) is 7.74. The van der Waals surface area contributed by atoms with Gasteiger partial charge >= 0.3 is 0 Å². The van der Waals surface area contributed by atoms with Crippen LogP contribution < -0.4 is 15.4 Å². The Morgan fingerprint density at radius 1 is 1.69 bits per heavy atom. The molecule has 0 spiro atoms. The lowest BCUT2D eigenvalue weighted by atomic mass is 10.2. The molecule has 0 aliphatic carbocycles. The monoisotopic (exact) mass is 243 g/mol. The van der Waals surface area contributed by atoms with Crippen molar-refractivity contribution in [2.45, 2.75) is 19.9 Å². The number of hydrogen-bond donors (Lipinski definition) is 1. The molecule has 90 valence electrons. The Kier molecular flexibility index (Phi) is 3.50. The summed E-state index contributed by atoms with van der Waals surface area (Å²) >= 11 is 1.40. The second-order valence-electron chi connectivity index (χ2n) is 3.75. The van der Waals surface area contributed by atoms with Crippen LogP contribution >= 0.6 is 11.5 Å². The summed E-state index contributed by atoms with van der Waals surface area (Å²) in [6.07, 6.45) is 0. The Labute approximate surface area is 99.3 Å². The molecule has 1 aliphatic heterocycles. The van der Waals surface area contributed by atoms with Crippen molar-refractivity contribution >= 4 is 22.4 Å². The van der Waals surface area contributed by atoms with Gasteiger partial charge in [-0.1, -0.05) is 0 Å². The van der Waals surface area contributed by atoms with Crippen LogP contribution in [-0.4, -0.2) is 36.8 Å². The Morgan fingerprint density at radius 2 is 2.50 bits per heavy atom. The van der Waals surface area contributed by atoms with Crippen LogP contribution in [0.1, 0.15) is 13.8 Å². The molecule has 1 unspecified atom stereocenters. The first kappa shape index (κ1) is 11.5. The SMILES string of the molecule is CCOc1c(N)nsc1N1CCOCC1C. The highest BCUT2D eigenvalue weighted by Crippen LogP contribution is 2.39. The molecule has 0 bridgehead atoms. The van der Waals surface area contributed by atoms with Crippen molar-refractivity contribution in [1.82, 2.24) is 4.37 Å². The van der Waals surface area contributed by atoms with Crippen LogP contribution in [0.3, 0.4) is 0 Å². The fourth-order valence-electron chi connectivity index (χ4n) is 1.78. The second-order valence-corrected chi connectivity index (χ2v) is 4.50. The minimum atomic E-state index is 0.341. The first-order valence-electron chi connectivity index (χ1n) is 5.46. The molecule has 5 nitrogen and oxygen atoms in total. The molecule has 2 rings (SSSR count). The smallest absolute Gasteiger partial charge is 0.197 e. The van der Waals surface area contributed by atoms with Crippen molar-refractivity contribution in [2.75, 3.05) is 37.0 Å². The first-order valence-corrected chi connectivity index (χ1v) is 6.23. The number of nitrogens with zero attached hydrogens (tertiary/aromatic N) is 2. The van der Waals surface area contributed by atoms with E-state index in [2.05, 4.69) is 16.2 Å². The molecule has 2 heterocycles. The molecular formula is C10H17N3O2S. The van der Waals surface area contributed by atoms with E-state index < -0.39 is 0 Å². The molecule has 1 aliphatic rings. The van der Waals surface area contributed by atoms with Gasteiger partial charge in [-0.25, -0.2) is 0 Å². The molecule has 1 fully saturated rings. The fraction of sp³-hybridized carbons (Fsp3) is 0.700. The zero-order valence-corrected chi connectivity index (χ0v) is 10.4. The zero-order chi connectivity index (χ0) is 11.5. The number of nitrogens with two attached hydrogens (primary N) is 1. The summed E-state index contributed by atoms with van der Waals surface area (Å²) in [5, 5.41) is 1.02. The topological polar surface area (TPSA) is 60.6 Å². The quantitative estimate of drug-likeness (QED) is 0.868. The molecule has 1 aromatic heterocycles. The van der Waals surface area contributed by atoms with Gasteiger partial charge in [0.2, 0.25) is 0 Å². The van der Waals surface area contributed by atoms with Gasteiger partial charge in [0.15, 0.2) is 16.6 Å². The number of anilines is 2. The highest BCUT2D eigenvalue weighted by molar-refractivity contribution is 7.11. The lowest BCUT2D eigenvalue weighted by Gasteiger charge is -2.34. The molecule has 1 aromatic rings. The molecule has 1 saturated heterocycles. The minimum absolute atomic E-state index is 0.341. The van der Waals surface area contributed by atoms with E-state index in [0.717, 1.165) is 30.5 Å². The van der Waals surface area contributed by atoms with E-state index in [-0.39, 0.29) is 0 Å². The maximum atomic E-state index is 5.80. The van der Waals surface area contributed by atoms with Crippen molar-refractivity contribution in [3.63, 3.8) is 0 Å². The molecule has 2 N–H and O–H groups in total. The van der Waals surface area contributed by atoms with Crippen molar-refractivity contribution in [2.24, 2.45) is 0 Å². The normalized spacial score (nSPS) is 21.1. The predicted molar refractivity (Wildman–Crippen MR) is 65.3 cm³/mol. The van der Waals surface area contributed by atoms with Crippen LogP contribution in [0.15, 0.2) is 0 Å². The van der Waals surface area contributed by atoms with E-state index in [4.69, 9.17) is 15.2 Å². The summed E-state index contributed by atoms with van der Waals surface area (Å²) in [5.74, 6) is 1.21.